The van der Waals surface area contributed by atoms with Crippen molar-refractivity contribution in [2.45, 2.75) is 32.8 Å². The van der Waals surface area contributed by atoms with E-state index in [-0.39, 0.29) is 0 Å². The zero-order valence-corrected chi connectivity index (χ0v) is 9.66. The number of aryl methyl sites for hydroxylation is 2. The molecule has 3 heteroatoms. The fourth-order valence-electron chi connectivity index (χ4n) is 1.63. The maximum absolute atomic E-state index is 9.90. The van der Waals surface area contributed by atoms with E-state index < -0.39 is 6.10 Å². The lowest BCUT2D eigenvalue weighted by atomic mass is 10.1. The van der Waals surface area contributed by atoms with E-state index in [0.29, 0.717) is 13.0 Å². The van der Waals surface area contributed by atoms with E-state index in [1.807, 2.05) is 19.9 Å². The van der Waals surface area contributed by atoms with Gasteiger partial charge in [-0.25, -0.2) is 0 Å². The fraction of sp³-hybridized carbons (Fsp3) is 0.583. The van der Waals surface area contributed by atoms with Crippen molar-refractivity contribution in [3.8, 4) is 0 Å². The van der Waals surface area contributed by atoms with E-state index in [0.717, 1.165) is 23.2 Å². The number of hydrogen-bond donors (Lipinski definition) is 1. The van der Waals surface area contributed by atoms with Gasteiger partial charge >= 0.3 is 0 Å². The lowest BCUT2D eigenvalue weighted by molar-refractivity contribution is 0.132. The molecule has 84 valence electrons. The number of ether oxygens (including phenoxy) is 1. The van der Waals surface area contributed by atoms with Gasteiger partial charge in [0, 0.05) is 19.9 Å². The van der Waals surface area contributed by atoms with Gasteiger partial charge in [0.2, 0.25) is 0 Å². The molecule has 1 atom stereocenters. The largest absolute Gasteiger partial charge is 0.387 e. The second kappa shape index (κ2) is 5.83. The van der Waals surface area contributed by atoms with Gasteiger partial charge in [0.25, 0.3) is 0 Å². The Bertz CT molecular complexity index is 312. The Morgan fingerprint density at radius 1 is 1.47 bits per heavy atom. The van der Waals surface area contributed by atoms with Crippen molar-refractivity contribution in [1.29, 1.82) is 0 Å². The van der Waals surface area contributed by atoms with Gasteiger partial charge in [0.05, 0.1) is 11.8 Å². The molecule has 0 aliphatic heterocycles. The quantitative estimate of drug-likeness (QED) is 0.756. The van der Waals surface area contributed by atoms with E-state index in [2.05, 4.69) is 4.98 Å². The molecule has 0 aromatic carbocycles. The molecule has 1 unspecified atom stereocenters. The molecule has 0 saturated carbocycles. The van der Waals surface area contributed by atoms with Crippen LogP contribution in [0.2, 0.25) is 0 Å². The van der Waals surface area contributed by atoms with Crippen LogP contribution in [0.25, 0.3) is 0 Å². The molecule has 0 bridgehead atoms. The summed E-state index contributed by atoms with van der Waals surface area (Å²) >= 11 is 0. The predicted molar refractivity (Wildman–Crippen MR) is 59.8 cm³/mol. The van der Waals surface area contributed by atoms with Gasteiger partial charge in [-0.3, -0.25) is 4.98 Å². The maximum Gasteiger partial charge on any atom is 0.0963 e. The van der Waals surface area contributed by atoms with Crippen LogP contribution in [0, 0.1) is 13.8 Å². The van der Waals surface area contributed by atoms with Crippen LogP contribution in [0.1, 0.15) is 35.8 Å². The number of nitrogens with zero attached hydrogens (tertiary/aromatic N) is 1. The highest BCUT2D eigenvalue weighted by Crippen LogP contribution is 2.20. The molecule has 0 saturated heterocycles. The Labute approximate surface area is 91.1 Å². The minimum atomic E-state index is -0.472. The van der Waals surface area contributed by atoms with Crippen molar-refractivity contribution >= 4 is 0 Å². The Morgan fingerprint density at radius 2 is 2.20 bits per heavy atom. The molecule has 1 rings (SSSR count). The molecule has 0 amide bonds. The SMILES string of the molecule is COCCCC(O)c1ncc(C)cc1C. The van der Waals surface area contributed by atoms with E-state index in [9.17, 15) is 5.11 Å². The van der Waals surface area contributed by atoms with Crippen LogP contribution in [0.4, 0.5) is 0 Å². The summed E-state index contributed by atoms with van der Waals surface area (Å²) in [5, 5.41) is 9.90. The number of aromatic nitrogens is 1. The summed E-state index contributed by atoms with van der Waals surface area (Å²) in [4.78, 5) is 4.27. The molecule has 1 aromatic heterocycles. The Morgan fingerprint density at radius 3 is 2.80 bits per heavy atom. The Hall–Kier alpha value is -0.930. The second-order valence-electron chi connectivity index (χ2n) is 3.87. The van der Waals surface area contributed by atoms with Crippen LogP contribution in [-0.4, -0.2) is 23.8 Å². The van der Waals surface area contributed by atoms with Crippen molar-refractivity contribution in [1.82, 2.24) is 4.98 Å². The molecular formula is C12H19NO2. The number of hydrogen-bond acceptors (Lipinski definition) is 3. The van der Waals surface area contributed by atoms with E-state index in [1.165, 1.54) is 0 Å². The maximum atomic E-state index is 9.90. The van der Waals surface area contributed by atoms with Crippen LogP contribution in [-0.2, 0) is 4.74 Å². The fourth-order valence-corrected chi connectivity index (χ4v) is 1.63. The van der Waals surface area contributed by atoms with Gasteiger partial charge in [-0.1, -0.05) is 6.07 Å². The highest BCUT2D eigenvalue weighted by Gasteiger charge is 2.11. The van der Waals surface area contributed by atoms with Gasteiger partial charge in [-0.2, -0.15) is 0 Å². The summed E-state index contributed by atoms with van der Waals surface area (Å²) in [5.41, 5.74) is 2.97. The molecule has 15 heavy (non-hydrogen) atoms. The van der Waals surface area contributed by atoms with Crippen molar-refractivity contribution in [3.05, 3.63) is 29.1 Å². The highest BCUT2D eigenvalue weighted by atomic mass is 16.5. The second-order valence-corrected chi connectivity index (χ2v) is 3.87. The first-order valence-corrected chi connectivity index (χ1v) is 5.25. The lowest BCUT2D eigenvalue weighted by Gasteiger charge is -2.12. The average Bonchev–Trinajstić information content (AvgIpc) is 2.17. The first kappa shape index (κ1) is 12.1. The zero-order chi connectivity index (χ0) is 11.3. The molecule has 0 spiro atoms. The highest BCUT2D eigenvalue weighted by molar-refractivity contribution is 5.24. The van der Waals surface area contributed by atoms with Crippen molar-refractivity contribution < 1.29 is 9.84 Å². The van der Waals surface area contributed by atoms with Gasteiger partial charge < -0.3 is 9.84 Å². The number of rotatable bonds is 5. The monoisotopic (exact) mass is 209 g/mol. The minimum absolute atomic E-state index is 0.472. The van der Waals surface area contributed by atoms with Crippen molar-refractivity contribution in [2.24, 2.45) is 0 Å². The van der Waals surface area contributed by atoms with Gasteiger partial charge in [0.1, 0.15) is 0 Å². The predicted octanol–water partition coefficient (Wildman–Crippen LogP) is 2.16. The third-order valence-corrected chi connectivity index (χ3v) is 2.40. The minimum Gasteiger partial charge on any atom is -0.387 e. The first-order chi connectivity index (χ1) is 7.15. The third kappa shape index (κ3) is 3.61. The molecule has 0 aliphatic rings. The molecule has 0 radical (unpaired) electrons. The molecule has 1 N–H and O–H groups in total. The van der Waals surface area contributed by atoms with Crippen molar-refractivity contribution in [2.75, 3.05) is 13.7 Å². The first-order valence-electron chi connectivity index (χ1n) is 5.25. The summed E-state index contributed by atoms with van der Waals surface area (Å²) in [6.07, 6.45) is 2.87. The van der Waals surface area contributed by atoms with Crippen LogP contribution in [0.3, 0.4) is 0 Å². The summed E-state index contributed by atoms with van der Waals surface area (Å²) in [5.74, 6) is 0. The number of aliphatic hydroxyl groups excluding tert-OH is 1. The normalized spacial score (nSPS) is 12.8. The zero-order valence-electron chi connectivity index (χ0n) is 9.66. The summed E-state index contributed by atoms with van der Waals surface area (Å²) in [7, 11) is 1.67. The number of pyridine rings is 1. The van der Waals surface area contributed by atoms with E-state index in [4.69, 9.17) is 4.74 Å². The summed E-state index contributed by atoms with van der Waals surface area (Å²) in [6, 6.07) is 2.04. The Kier molecular flexibility index (Phi) is 4.72. The number of methoxy groups -OCH3 is 1. The average molecular weight is 209 g/mol. The van der Waals surface area contributed by atoms with E-state index in [1.54, 1.807) is 13.3 Å². The van der Waals surface area contributed by atoms with Gasteiger partial charge in [-0.05, 0) is 37.8 Å². The number of aliphatic hydroxyl groups is 1. The third-order valence-electron chi connectivity index (χ3n) is 2.40. The van der Waals surface area contributed by atoms with E-state index >= 15 is 0 Å². The molecule has 0 fully saturated rings. The molecular weight excluding hydrogens is 190 g/mol. The standard InChI is InChI=1S/C12H19NO2/c1-9-7-10(2)12(13-8-9)11(14)5-4-6-15-3/h7-8,11,14H,4-6H2,1-3H3. The van der Waals surface area contributed by atoms with Crippen LogP contribution < -0.4 is 0 Å². The summed E-state index contributed by atoms with van der Waals surface area (Å²) in [6.45, 7) is 4.66. The lowest BCUT2D eigenvalue weighted by Crippen LogP contribution is -2.04. The topological polar surface area (TPSA) is 42.4 Å². The summed E-state index contributed by atoms with van der Waals surface area (Å²) < 4.78 is 4.95. The molecule has 1 aromatic rings. The van der Waals surface area contributed by atoms with Crippen LogP contribution in [0.5, 0.6) is 0 Å². The van der Waals surface area contributed by atoms with Crippen LogP contribution >= 0.6 is 0 Å². The molecule has 3 nitrogen and oxygen atoms in total. The van der Waals surface area contributed by atoms with Crippen molar-refractivity contribution in [3.63, 3.8) is 0 Å². The van der Waals surface area contributed by atoms with Crippen LogP contribution in [0.15, 0.2) is 12.3 Å². The molecule has 1 heterocycles. The smallest absolute Gasteiger partial charge is 0.0963 e. The Balaban J connectivity index is 2.61. The molecule has 0 aliphatic carbocycles. The van der Waals surface area contributed by atoms with Gasteiger partial charge in [-0.15, -0.1) is 0 Å². The van der Waals surface area contributed by atoms with Gasteiger partial charge in [0.15, 0.2) is 0 Å².